The Labute approximate surface area is 148 Å². The lowest BCUT2D eigenvalue weighted by atomic mass is 10.0. The van der Waals surface area contributed by atoms with Crippen molar-refractivity contribution in [2.45, 2.75) is 27.7 Å². The van der Waals surface area contributed by atoms with Crippen molar-refractivity contribution in [3.05, 3.63) is 59.2 Å². The molecule has 2 aromatic carbocycles. The van der Waals surface area contributed by atoms with Crippen LogP contribution in [0.5, 0.6) is 0 Å². The highest BCUT2D eigenvalue weighted by molar-refractivity contribution is 6.05. The van der Waals surface area contributed by atoms with Gasteiger partial charge in [-0.25, -0.2) is 4.79 Å². The maximum Gasteiger partial charge on any atom is 0.411 e. The first kappa shape index (κ1) is 18.5. The van der Waals surface area contributed by atoms with E-state index in [0.29, 0.717) is 23.5 Å². The van der Waals surface area contributed by atoms with Crippen LogP contribution in [-0.2, 0) is 4.74 Å². The molecule has 2 aromatic rings. The van der Waals surface area contributed by atoms with Gasteiger partial charge >= 0.3 is 6.09 Å². The molecule has 25 heavy (non-hydrogen) atoms. The molecule has 0 bridgehead atoms. The smallest absolute Gasteiger partial charge is 0.411 e. The summed E-state index contributed by atoms with van der Waals surface area (Å²) < 4.78 is 5.09. The normalized spacial score (nSPS) is 10.4. The van der Waals surface area contributed by atoms with E-state index in [9.17, 15) is 9.59 Å². The number of carbonyl (C=O) groups is 2. The van der Waals surface area contributed by atoms with Crippen LogP contribution in [0.15, 0.2) is 42.5 Å². The largest absolute Gasteiger partial charge is 0.449 e. The van der Waals surface area contributed by atoms with E-state index in [-0.39, 0.29) is 11.8 Å². The molecular formula is C20H24N2O3. The molecule has 0 unspecified atom stereocenters. The summed E-state index contributed by atoms with van der Waals surface area (Å²) in [4.78, 5) is 24.2. The van der Waals surface area contributed by atoms with Crippen LogP contribution in [0.25, 0.3) is 0 Å². The van der Waals surface area contributed by atoms with E-state index < -0.39 is 6.09 Å². The van der Waals surface area contributed by atoms with Gasteiger partial charge in [0.15, 0.2) is 0 Å². The van der Waals surface area contributed by atoms with Gasteiger partial charge in [-0.2, -0.15) is 0 Å². The van der Waals surface area contributed by atoms with Crippen LogP contribution in [0.4, 0.5) is 16.2 Å². The fourth-order valence-electron chi connectivity index (χ4n) is 2.25. The fourth-order valence-corrected chi connectivity index (χ4v) is 2.25. The van der Waals surface area contributed by atoms with E-state index >= 15 is 0 Å². The van der Waals surface area contributed by atoms with Crippen LogP contribution < -0.4 is 10.6 Å². The van der Waals surface area contributed by atoms with Crippen molar-refractivity contribution in [2.24, 2.45) is 5.92 Å². The van der Waals surface area contributed by atoms with Crippen molar-refractivity contribution in [1.29, 1.82) is 0 Å². The molecule has 5 nitrogen and oxygen atoms in total. The van der Waals surface area contributed by atoms with Gasteiger partial charge in [0.25, 0.3) is 5.91 Å². The van der Waals surface area contributed by atoms with Crippen molar-refractivity contribution in [2.75, 3.05) is 17.2 Å². The number of nitrogens with one attached hydrogen (secondary N) is 2. The lowest BCUT2D eigenvalue weighted by molar-refractivity contribution is 0.102. The van der Waals surface area contributed by atoms with E-state index in [1.807, 2.05) is 45.9 Å². The van der Waals surface area contributed by atoms with Gasteiger partial charge in [-0.3, -0.25) is 10.1 Å². The average Bonchev–Trinajstić information content (AvgIpc) is 2.55. The summed E-state index contributed by atoms with van der Waals surface area (Å²) >= 11 is 0. The second-order valence-electron chi connectivity index (χ2n) is 6.47. The van der Waals surface area contributed by atoms with Crippen LogP contribution in [0.1, 0.15) is 35.3 Å². The molecule has 0 spiro atoms. The summed E-state index contributed by atoms with van der Waals surface area (Å²) in [7, 11) is 0. The number of benzene rings is 2. The number of anilines is 2. The second-order valence-corrected chi connectivity index (χ2v) is 6.47. The standard InChI is InChI=1S/C20H24N2O3/c1-13(2)12-25-20(24)22-17-7-5-6-16(11-17)21-19(23)18-10-14(3)8-9-15(18)4/h5-11,13H,12H2,1-4H3,(H,21,23)(H,22,24). The Morgan fingerprint density at radius 2 is 1.68 bits per heavy atom. The molecule has 0 saturated carbocycles. The third-order valence-electron chi connectivity index (χ3n) is 3.55. The summed E-state index contributed by atoms with van der Waals surface area (Å²) in [6.45, 7) is 8.14. The van der Waals surface area contributed by atoms with Gasteiger partial charge in [0, 0.05) is 16.9 Å². The summed E-state index contributed by atoms with van der Waals surface area (Å²) in [6.07, 6.45) is -0.508. The van der Waals surface area contributed by atoms with Crippen LogP contribution >= 0.6 is 0 Å². The van der Waals surface area contributed by atoms with Gasteiger partial charge in [0.1, 0.15) is 0 Å². The van der Waals surface area contributed by atoms with Gasteiger partial charge in [-0.05, 0) is 49.6 Å². The highest BCUT2D eigenvalue weighted by atomic mass is 16.5. The van der Waals surface area contributed by atoms with Gasteiger partial charge in [0.05, 0.1) is 6.61 Å². The van der Waals surface area contributed by atoms with E-state index in [1.165, 1.54) is 0 Å². The zero-order valence-electron chi connectivity index (χ0n) is 15.1. The van der Waals surface area contributed by atoms with Crippen molar-refractivity contribution in [1.82, 2.24) is 0 Å². The summed E-state index contributed by atoms with van der Waals surface area (Å²) in [5.74, 6) is 0.0923. The zero-order valence-corrected chi connectivity index (χ0v) is 15.1. The SMILES string of the molecule is Cc1ccc(C)c(C(=O)Nc2cccc(NC(=O)OCC(C)C)c2)c1. The highest BCUT2D eigenvalue weighted by Gasteiger charge is 2.10. The molecule has 0 heterocycles. The molecule has 2 rings (SSSR count). The number of hydrogen-bond acceptors (Lipinski definition) is 3. The molecule has 2 amide bonds. The predicted octanol–water partition coefficient (Wildman–Crippen LogP) is 4.76. The third-order valence-corrected chi connectivity index (χ3v) is 3.55. The molecular weight excluding hydrogens is 316 g/mol. The van der Waals surface area contributed by atoms with Crippen molar-refractivity contribution in [3.8, 4) is 0 Å². The minimum absolute atomic E-state index is 0.180. The van der Waals surface area contributed by atoms with Crippen molar-refractivity contribution >= 4 is 23.4 Å². The Bertz CT molecular complexity index is 769. The van der Waals surface area contributed by atoms with E-state index in [4.69, 9.17) is 4.74 Å². The Kier molecular flexibility index (Phi) is 6.17. The average molecular weight is 340 g/mol. The Hall–Kier alpha value is -2.82. The molecule has 0 aliphatic heterocycles. The molecule has 0 aliphatic rings. The van der Waals surface area contributed by atoms with Crippen LogP contribution in [0.3, 0.4) is 0 Å². The van der Waals surface area contributed by atoms with Gasteiger partial charge in [-0.1, -0.05) is 37.6 Å². The number of ether oxygens (including phenoxy) is 1. The third kappa shape index (κ3) is 5.64. The lowest BCUT2D eigenvalue weighted by Gasteiger charge is -2.11. The number of carbonyl (C=O) groups excluding carboxylic acids is 2. The molecule has 0 fully saturated rings. The first-order valence-electron chi connectivity index (χ1n) is 8.27. The number of rotatable bonds is 5. The van der Waals surface area contributed by atoms with E-state index in [2.05, 4.69) is 10.6 Å². The maximum absolute atomic E-state index is 12.5. The molecule has 132 valence electrons. The quantitative estimate of drug-likeness (QED) is 0.824. The summed E-state index contributed by atoms with van der Waals surface area (Å²) in [5, 5.41) is 5.52. The first-order valence-corrected chi connectivity index (χ1v) is 8.27. The lowest BCUT2D eigenvalue weighted by Crippen LogP contribution is -2.17. The van der Waals surface area contributed by atoms with Gasteiger partial charge in [-0.15, -0.1) is 0 Å². The highest BCUT2D eigenvalue weighted by Crippen LogP contribution is 2.18. The first-order chi connectivity index (χ1) is 11.8. The van der Waals surface area contributed by atoms with Crippen LogP contribution in [0.2, 0.25) is 0 Å². The minimum atomic E-state index is -0.508. The van der Waals surface area contributed by atoms with Crippen LogP contribution in [0, 0.1) is 19.8 Å². The number of hydrogen-bond donors (Lipinski definition) is 2. The molecule has 5 heteroatoms. The molecule has 2 N–H and O–H groups in total. The monoisotopic (exact) mass is 340 g/mol. The Morgan fingerprint density at radius 1 is 1.00 bits per heavy atom. The second kappa shape index (κ2) is 8.33. The maximum atomic E-state index is 12.5. The van der Waals surface area contributed by atoms with E-state index in [1.54, 1.807) is 24.3 Å². The van der Waals surface area contributed by atoms with Crippen molar-refractivity contribution in [3.63, 3.8) is 0 Å². The van der Waals surface area contributed by atoms with Crippen molar-refractivity contribution < 1.29 is 14.3 Å². The van der Waals surface area contributed by atoms with Gasteiger partial charge in [0.2, 0.25) is 0 Å². The molecule has 0 saturated heterocycles. The van der Waals surface area contributed by atoms with E-state index in [0.717, 1.165) is 11.1 Å². The van der Waals surface area contributed by atoms with Gasteiger partial charge < -0.3 is 10.1 Å². The summed E-state index contributed by atoms with van der Waals surface area (Å²) in [6, 6.07) is 12.7. The Morgan fingerprint density at radius 3 is 2.36 bits per heavy atom. The molecule has 0 atom stereocenters. The fraction of sp³-hybridized carbons (Fsp3) is 0.300. The topological polar surface area (TPSA) is 67.4 Å². The zero-order chi connectivity index (χ0) is 18.4. The minimum Gasteiger partial charge on any atom is -0.449 e. The predicted molar refractivity (Wildman–Crippen MR) is 100 cm³/mol. The molecule has 0 aliphatic carbocycles. The Balaban J connectivity index is 2.04. The molecule has 0 aromatic heterocycles. The van der Waals surface area contributed by atoms with Crippen LogP contribution in [-0.4, -0.2) is 18.6 Å². The summed E-state index contributed by atoms with van der Waals surface area (Å²) in [5.41, 5.74) is 3.74. The number of amides is 2. The number of aryl methyl sites for hydroxylation is 2. The molecule has 0 radical (unpaired) electrons.